The van der Waals surface area contributed by atoms with Crippen molar-refractivity contribution in [3.05, 3.63) is 29.3 Å². The Morgan fingerprint density at radius 2 is 1.73 bits per heavy atom. The Balaban J connectivity index is 2.64. The lowest BCUT2D eigenvalue weighted by Crippen LogP contribution is -2.26. The van der Waals surface area contributed by atoms with Crippen LogP contribution in [0.4, 0.5) is 5.69 Å². The molecule has 0 heterocycles. The summed E-state index contributed by atoms with van der Waals surface area (Å²) in [6.45, 7) is 0. The van der Waals surface area contributed by atoms with Crippen LogP contribution in [0.25, 0.3) is 0 Å². The summed E-state index contributed by atoms with van der Waals surface area (Å²) < 4.78 is 0. The number of guanidine groups is 2. The number of hydrogen-bond acceptors (Lipinski definition) is 2. The molecule has 7 N–H and O–H groups in total. The molecule has 0 fully saturated rings. The molecule has 0 aliphatic rings. The normalized spacial score (nSPS) is 10.9. The molecule has 0 aliphatic carbocycles. The molecule has 0 bridgehead atoms. The fourth-order valence-electron chi connectivity index (χ4n) is 0.804. The molecule has 0 saturated heterocycles. The highest BCUT2D eigenvalue weighted by molar-refractivity contribution is 6.30. The molecule has 0 aromatic heterocycles. The van der Waals surface area contributed by atoms with E-state index >= 15 is 0 Å². The summed E-state index contributed by atoms with van der Waals surface area (Å²) in [5.41, 5.74) is 19.0. The molecule has 0 unspecified atom stereocenters. The first-order chi connectivity index (χ1) is 7.08. The van der Waals surface area contributed by atoms with Gasteiger partial charge in [0.1, 0.15) is 0 Å². The molecule has 0 aliphatic heterocycles. The maximum Gasteiger partial charge on any atom is 0.240 e. The van der Waals surface area contributed by atoms with Gasteiger partial charge in [-0.15, -0.1) is 5.10 Å². The summed E-state index contributed by atoms with van der Waals surface area (Å²) in [5.74, 6) is -0.195. The van der Waals surface area contributed by atoms with E-state index in [0.717, 1.165) is 5.69 Å². The standard InChI is InChI=1S/C8H11ClN6/c9-5-1-3-6(4-2-5)14-15-8(12)13-7(10)11/h1-4,14H,(H6,10,11,12,13,15). The summed E-state index contributed by atoms with van der Waals surface area (Å²) in [6.07, 6.45) is 0. The Morgan fingerprint density at radius 3 is 2.27 bits per heavy atom. The summed E-state index contributed by atoms with van der Waals surface area (Å²) in [7, 11) is 0. The van der Waals surface area contributed by atoms with Gasteiger partial charge in [-0.2, -0.15) is 4.99 Å². The van der Waals surface area contributed by atoms with E-state index in [2.05, 4.69) is 15.5 Å². The molecule has 1 aromatic carbocycles. The van der Waals surface area contributed by atoms with Crippen LogP contribution in [0.2, 0.25) is 5.02 Å². The minimum Gasteiger partial charge on any atom is -0.370 e. The maximum absolute atomic E-state index is 5.70. The van der Waals surface area contributed by atoms with Gasteiger partial charge in [-0.25, -0.2) is 0 Å². The number of rotatable bonds is 2. The molecule has 80 valence electrons. The van der Waals surface area contributed by atoms with Gasteiger partial charge in [-0.05, 0) is 24.3 Å². The van der Waals surface area contributed by atoms with Crippen molar-refractivity contribution in [2.24, 2.45) is 27.3 Å². The quantitative estimate of drug-likeness (QED) is 0.329. The number of nitrogens with two attached hydrogens (primary N) is 3. The van der Waals surface area contributed by atoms with Crippen molar-refractivity contribution in [3.63, 3.8) is 0 Å². The Labute approximate surface area is 91.8 Å². The van der Waals surface area contributed by atoms with E-state index in [4.69, 9.17) is 28.8 Å². The first-order valence-electron chi connectivity index (χ1n) is 4.02. The lowest BCUT2D eigenvalue weighted by Gasteiger charge is -2.00. The van der Waals surface area contributed by atoms with E-state index in [0.29, 0.717) is 5.02 Å². The number of aliphatic imine (C=N–C) groups is 1. The van der Waals surface area contributed by atoms with Crippen LogP contribution in [0, 0.1) is 0 Å². The molecule has 0 amide bonds. The zero-order chi connectivity index (χ0) is 11.3. The van der Waals surface area contributed by atoms with Gasteiger partial charge in [-0.1, -0.05) is 11.6 Å². The van der Waals surface area contributed by atoms with Crippen LogP contribution < -0.4 is 22.6 Å². The predicted octanol–water partition coefficient (Wildman–Crippen LogP) is 0.255. The predicted molar refractivity (Wildman–Crippen MR) is 62.5 cm³/mol. The second kappa shape index (κ2) is 5.06. The molecule has 1 aromatic rings. The van der Waals surface area contributed by atoms with Crippen molar-refractivity contribution in [1.29, 1.82) is 0 Å². The highest BCUT2D eigenvalue weighted by Crippen LogP contribution is 2.12. The van der Waals surface area contributed by atoms with Gasteiger partial charge in [0.25, 0.3) is 0 Å². The van der Waals surface area contributed by atoms with Crippen LogP contribution in [0.1, 0.15) is 0 Å². The Bertz CT molecular complexity index is 379. The van der Waals surface area contributed by atoms with E-state index in [1.54, 1.807) is 24.3 Å². The SMILES string of the molecule is NC(N)=NC(N)=NNc1ccc(Cl)cc1. The van der Waals surface area contributed by atoms with Crippen molar-refractivity contribution in [1.82, 2.24) is 0 Å². The number of anilines is 1. The zero-order valence-corrected chi connectivity index (χ0v) is 8.57. The van der Waals surface area contributed by atoms with Crippen molar-refractivity contribution in [2.75, 3.05) is 5.43 Å². The van der Waals surface area contributed by atoms with E-state index in [1.807, 2.05) is 0 Å². The molecule has 0 spiro atoms. The molecular weight excluding hydrogens is 216 g/mol. The second-order valence-electron chi connectivity index (χ2n) is 2.63. The highest BCUT2D eigenvalue weighted by atomic mass is 35.5. The Kier molecular flexibility index (Phi) is 3.75. The van der Waals surface area contributed by atoms with Gasteiger partial charge in [0.2, 0.25) is 5.96 Å². The molecule has 6 nitrogen and oxygen atoms in total. The average Bonchev–Trinajstić information content (AvgIpc) is 2.16. The van der Waals surface area contributed by atoms with Gasteiger partial charge in [0.15, 0.2) is 5.96 Å². The molecule has 0 saturated carbocycles. The second-order valence-corrected chi connectivity index (χ2v) is 3.06. The number of halogens is 1. The summed E-state index contributed by atoms with van der Waals surface area (Å²) in [6, 6.07) is 6.93. The summed E-state index contributed by atoms with van der Waals surface area (Å²) in [4.78, 5) is 3.52. The van der Waals surface area contributed by atoms with Crippen LogP contribution in [0.15, 0.2) is 34.4 Å². The van der Waals surface area contributed by atoms with Gasteiger partial charge >= 0.3 is 0 Å². The maximum atomic E-state index is 5.70. The van der Waals surface area contributed by atoms with Crippen molar-refractivity contribution in [2.45, 2.75) is 0 Å². The van der Waals surface area contributed by atoms with Crippen LogP contribution in [0.5, 0.6) is 0 Å². The Morgan fingerprint density at radius 1 is 1.13 bits per heavy atom. The zero-order valence-electron chi connectivity index (χ0n) is 7.81. The molecule has 7 heteroatoms. The third-order valence-electron chi connectivity index (χ3n) is 1.39. The number of nitrogens with zero attached hydrogens (tertiary/aromatic N) is 2. The van der Waals surface area contributed by atoms with E-state index in [-0.39, 0.29) is 11.9 Å². The van der Waals surface area contributed by atoms with Gasteiger partial charge in [0, 0.05) is 5.02 Å². The molecule has 0 radical (unpaired) electrons. The van der Waals surface area contributed by atoms with Crippen molar-refractivity contribution in [3.8, 4) is 0 Å². The minimum absolute atomic E-state index is 0.0510. The lowest BCUT2D eigenvalue weighted by molar-refractivity contribution is 1.28. The lowest BCUT2D eigenvalue weighted by atomic mass is 10.3. The largest absolute Gasteiger partial charge is 0.370 e. The van der Waals surface area contributed by atoms with Crippen LogP contribution >= 0.6 is 11.6 Å². The van der Waals surface area contributed by atoms with Crippen LogP contribution in [-0.4, -0.2) is 11.9 Å². The number of hydrazone groups is 1. The third-order valence-corrected chi connectivity index (χ3v) is 1.64. The monoisotopic (exact) mass is 226 g/mol. The fourth-order valence-corrected chi connectivity index (χ4v) is 0.930. The smallest absolute Gasteiger partial charge is 0.240 e. The van der Waals surface area contributed by atoms with Gasteiger partial charge in [0.05, 0.1) is 5.69 Å². The minimum atomic E-state index is -0.144. The van der Waals surface area contributed by atoms with E-state index in [1.165, 1.54) is 0 Å². The van der Waals surface area contributed by atoms with E-state index < -0.39 is 0 Å². The van der Waals surface area contributed by atoms with Crippen LogP contribution in [0.3, 0.4) is 0 Å². The Hall–Kier alpha value is -1.95. The summed E-state index contributed by atoms with van der Waals surface area (Å²) in [5, 5.41) is 4.36. The third kappa shape index (κ3) is 4.19. The first-order valence-corrected chi connectivity index (χ1v) is 4.40. The molecular formula is C8H11ClN6. The topological polar surface area (TPSA) is 115 Å². The van der Waals surface area contributed by atoms with Gasteiger partial charge in [-0.3, -0.25) is 5.43 Å². The molecule has 1 rings (SSSR count). The number of benzene rings is 1. The summed E-state index contributed by atoms with van der Waals surface area (Å²) >= 11 is 5.70. The van der Waals surface area contributed by atoms with Crippen LogP contribution in [-0.2, 0) is 0 Å². The highest BCUT2D eigenvalue weighted by Gasteiger charge is 1.91. The van der Waals surface area contributed by atoms with E-state index in [9.17, 15) is 0 Å². The molecule has 15 heavy (non-hydrogen) atoms. The van der Waals surface area contributed by atoms with Gasteiger partial charge < -0.3 is 17.2 Å². The first kappa shape index (κ1) is 11.1. The van der Waals surface area contributed by atoms with Crippen molar-refractivity contribution < 1.29 is 0 Å². The fraction of sp³-hybridized carbons (Fsp3) is 0. The molecule has 0 atom stereocenters. The van der Waals surface area contributed by atoms with Crippen molar-refractivity contribution >= 4 is 29.2 Å². The number of hydrogen-bond donors (Lipinski definition) is 4. The average molecular weight is 227 g/mol. The number of nitrogens with one attached hydrogen (secondary N) is 1.